The molecule has 1 amide bonds. The first-order valence-corrected chi connectivity index (χ1v) is 10.0. The van der Waals surface area contributed by atoms with E-state index >= 15 is 0 Å². The Balaban J connectivity index is 1.51. The first-order chi connectivity index (χ1) is 12.2. The van der Waals surface area contributed by atoms with E-state index in [2.05, 4.69) is 43.6 Å². The first-order valence-electron chi connectivity index (χ1n) is 7.44. The summed E-state index contributed by atoms with van der Waals surface area (Å²) in [4.78, 5) is 11.9. The largest absolute Gasteiger partial charge is 0.297 e. The molecule has 7 heteroatoms. The van der Waals surface area contributed by atoms with Crippen LogP contribution in [0.15, 0.2) is 69.5 Å². The van der Waals surface area contributed by atoms with Gasteiger partial charge in [0.05, 0.1) is 0 Å². The van der Waals surface area contributed by atoms with Crippen molar-refractivity contribution in [1.29, 1.82) is 0 Å². The number of rotatable bonds is 6. The van der Waals surface area contributed by atoms with Crippen LogP contribution in [0.5, 0.6) is 0 Å². The molecule has 0 aliphatic heterocycles. The Hall–Kier alpha value is -1.96. The molecule has 126 valence electrons. The number of nitrogens with one attached hydrogen (secondary N) is 1. The lowest BCUT2D eigenvalue weighted by Gasteiger charge is -1.98. The highest BCUT2D eigenvalue weighted by atomic mass is 79.9. The summed E-state index contributed by atoms with van der Waals surface area (Å²) < 4.78 is 1.89. The summed E-state index contributed by atoms with van der Waals surface area (Å²) in [5.74, 6) is 0.591. The number of nitrogens with zero attached hydrogens (tertiary/aromatic N) is 2. The fourth-order valence-corrected chi connectivity index (χ4v) is 3.90. The second kappa shape index (κ2) is 8.94. The molecular weight excluding hydrogens is 418 g/mol. The Morgan fingerprint density at radius 3 is 2.64 bits per heavy atom. The van der Waals surface area contributed by atoms with Crippen LogP contribution in [0.4, 0.5) is 5.13 Å². The molecule has 25 heavy (non-hydrogen) atoms. The van der Waals surface area contributed by atoms with E-state index in [4.69, 9.17) is 0 Å². The number of benzene rings is 2. The fourth-order valence-electron chi connectivity index (χ4n) is 1.93. The number of aromatic nitrogens is 2. The molecule has 1 aromatic heterocycles. The van der Waals surface area contributed by atoms with Crippen molar-refractivity contribution in [2.24, 2.45) is 0 Å². The maximum atomic E-state index is 11.9. The number of amides is 1. The lowest BCUT2D eigenvalue weighted by molar-refractivity contribution is -0.111. The van der Waals surface area contributed by atoms with Crippen molar-refractivity contribution in [3.63, 3.8) is 0 Å². The Kier molecular flexibility index (Phi) is 6.38. The average molecular weight is 432 g/mol. The fraction of sp³-hybridized carbons (Fsp3) is 0.0556. The second-order valence-electron chi connectivity index (χ2n) is 5.02. The molecule has 3 aromatic rings. The Bertz CT molecular complexity index is 864. The second-order valence-corrected chi connectivity index (χ2v) is 8.14. The third-order valence-corrected chi connectivity index (χ3v) is 5.71. The topological polar surface area (TPSA) is 54.9 Å². The SMILES string of the molecule is O=C(/C=C/c1ccccc1)Nc1nnc(SCc2ccc(Br)cc2)s1. The van der Waals surface area contributed by atoms with Gasteiger partial charge >= 0.3 is 0 Å². The minimum Gasteiger partial charge on any atom is -0.297 e. The molecule has 1 N–H and O–H groups in total. The van der Waals surface area contributed by atoms with Crippen LogP contribution in [0.25, 0.3) is 6.08 Å². The molecule has 2 aromatic carbocycles. The molecular formula is C18H14BrN3OS2. The van der Waals surface area contributed by atoms with Crippen molar-refractivity contribution in [3.05, 3.63) is 76.3 Å². The minimum atomic E-state index is -0.218. The standard InChI is InChI=1S/C18H14BrN3OS2/c19-15-9-6-14(7-10-15)12-24-18-22-21-17(25-18)20-16(23)11-8-13-4-2-1-3-5-13/h1-11H,12H2,(H,20,21,23)/b11-8+. The number of anilines is 1. The number of thioether (sulfide) groups is 1. The number of hydrogen-bond donors (Lipinski definition) is 1. The minimum absolute atomic E-state index is 0.218. The molecule has 1 heterocycles. The monoisotopic (exact) mass is 431 g/mol. The number of carbonyl (C=O) groups excluding carboxylic acids is 1. The van der Waals surface area contributed by atoms with Crippen LogP contribution in [-0.2, 0) is 10.5 Å². The lowest BCUT2D eigenvalue weighted by atomic mass is 10.2. The van der Waals surface area contributed by atoms with E-state index in [-0.39, 0.29) is 5.91 Å². The summed E-state index contributed by atoms with van der Waals surface area (Å²) in [6.45, 7) is 0. The van der Waals surface area contributed by atoms with E-state index in [0.29, 0.717) is 5.13 Å². The molecule has 0 fully saturated rings. The third-order valence-electron chi connectivity index (χ3n) is 3.14. The van der Waals surface area contributed by atoms with Crippen molar-refractivity contribution in [2.75, 3.05) is 5.32 Å². The smallest absolute Gasteiger partial charge is 0.250 e. The van der Waals surface area contributed by atoms with Crippen LogP contribution in [0.3, 0.4) is 0 Å². The molecule has 0 unspecified atom stereocenters. The Labute approximate surface area is 162 Å². The average Bonchev–Trinajstić information content (AvgIpc) is 3.08. The molecule has 0 aliphatic carbocycles. The highest BCUT2D eigenvalue weighted by molar-refractivity contribution is 9.10. The normalized spacial score (nSPS) is 10.9. The van der Waals surface area contributed by atoms with Crippen molar-refractivity contribution >= 4 is 56.1 Å². The van der Waals surface area contributed by atoms with E-state index < -0.39 is 0 Å². The Morgan fingerprint density at radius 2 is 1.88 bits per heavy atom. The molecule has 0 saturated heterocycles. The summed E-state index contributed by atoms with van der Waals surface area (Å²) in [5.41, 5.74) is 2.18. The van der Waals surface area contributed by atoms with Gasteiger partial charge in [-0.1, -0.05) is 81.5 Å². The van der Waals surface area contributed by atoms with Gasteiger partial charge in [0, 0.05) is 16.3 Å². The molecule has 0 atom stereocenters. The lowest BCUT2D eigenvalue weighted by Crippen LogP contribution is -2.07. The van der Waals surface area contributed by atoms with E-state index in [9.17, 15) is 4.79 Å². The van der Waals surface area contributed by atoms with Gasteiger partial charge in [-0.05, 0) is 29.3 Å². The van der Waals surface area contributed by atoms with Gasteiger partial charge in [-0.25, -0.2) is 0 Å². The maximum Gasteiger partial charge on any atom is 0.250 e. The molecule has 4 nitrogen and oxygen atoms in total. The van der Waals surface area contributed by atoms with Crippen LogP contribution >= 0.6 is 39.0 Å². The van der Waals surface area contributed by atoms with Gasteiger partial charge < -0.3 is 0 Å². The maximum absolute atomic E-state index is 11.9. The van der Waals surface area contributed by atoms with E-state index in [0.717, 1.165) is 20.1 Å². The zero-order valence-corrected chi connectivity index (χ0v) is 16.3. The van der Waals surface area contributed by atoms with Gasteiger partial charge in [0.1, 0.15) is 0 Å². The molecule has 0 spiro atoms. The van der Waals surface area contributed by atoms with Gasteiger partial charge in [-0.2, -0.15) is 0 Å². The highest BCUT2D eigenvalue weighted by Gasteiger charge is 2.07. The predicted molar refractivity (Wildman–Crippen MR) is 108 cm³/mol. The zero-order valence-electron chi connectivity index (χ0n) is 13.1. The van der Waals surface area contributed by atoms with Gasteiger partial charge in [-0.15, -0.1) is 10.2 Å². The molecule has 0 aliphatic rings. The van der Waals surface area contributed by atoms with Crippen molar-refractivity contribution < 1.29 is 4.79 Å². The van der Waals surface area contributed by atoms with Crippen LogP contribution in [0, 0.1) is 0 Å². The van der Waals surface area contributed by atoms with Crippen LogP contribution < -0.4 is 5.32 Å². The summed E-state index contributed by atoms with van der Waals surface area (Å²) in [6.07, 6.45) is 3.25. The van der Waals surface area contributed by atoms with Gasteiger partial charge in [-0.3, -0.25) is 10.1 Å². The molecule has 0 saturated carbocycles. The Morgan fingerprint density at radius 1 is 1.12 bits per heavy atom. The summed E-state index contributed by atoms with van der Waals surface area (Å²) in [6, 6.07) is 17.8. The van der Waals surface area contributed by atoms with Crippen molar-refractivity contribution in [1.82, 2.24) is 10.2 Å². The number of carbonyl (C=O) groups is 1. The quantitative estimate of drug-likeness (QED) is 0.329. The van der Waals surface area contributed by atoms with Crippen LogP contribution in [0.2, 0.25) is 0 Å². The summed E-state index contributed by atoms with van der Waals surface area (Å²) in [7, 11) is 0. The van der Waals surface area contributed by atoms with Gasteiger partial charge in [0.15, 0.2) is 4.34 Å². The number of hydrogen-bond acceptors (Lipinski definition) is 5. The predicted octanol–water partition coefficient (Wildman–Crippen LogP) is 5.24. The van der Waals surface area contributed by atoms with E-state index in [1.165, 1.54) is 23.0 Å². The van der Waals surface area contributed by atoms with Gasteiger partial charge in [0.2, 0.25) is 11.0 Å². The summed E-state index contributed by atoms with van der Waals surface area (Å²) in [5, 5.41) is 11.4. The van der Waals surface area contributed by atoms with Crippen molar-refractivity contribution in [3.8, 4) is 0 Å². The zero-order chi connectivity index (χ0) is 17.5. The van der Waals surface area contributed by atoms with Crippen LogP contribution in [0.1, 0.15) is 11.1 Å². The first kappa shape index (κ1) is 17.8. The van der Waals surface area contributed by atoms with E-state index in [1.54, 1.807) is 17.8 Å². The highest BCUT2D eigenvalue weighted by Crippen LogP contribution is 2.28. The van der Waals surface area contributed by atoms with Gasteiger partial charge in [0.25, 0.3) is 0 Å². The third kappa shape index (κ3) is 5.81. The van der Waals surface area contributed by atoms with Crippen molar-refractivity contribution in [2.45, 2.75) is 10.1 Å². The molecule has 3 rings (SSSR count). The summed E-state index contributed by atoms with van der Waals surface area (Å²) >= 11 is 6.39. The van der Waals surface area contributed by atoms with E-state index in [1.807, 2.05) is 42.5 Å². The number of halogens is 1. The molecule has 0 bridgehead atoms. The molecule has 0 radical (unpaired) electrons. The van der Waals surface area contributed by atoms with Crippen LogP contribution in [-0.4, -0.2) is 16.1 Å².